The van der Waals surface area contributed by atoms with Gasteiger partial charge in [0, 0.05) is 118 Å². The van der Waals surface area contributed by atoms with Gasteiger partial charge in [0.2, 0.25) is 100 Å². The van der Waals surface area contributed by atoms with Crippen LogP contribution >= 0.6 is 11.8 Å². The van der Waals surface area contributed by atoms with Gasteiger partial charge >= 0.3 is 0 Å². The van der Waals surface area contributed by atoms with Gasteiger partial charge in [-0.2, -0.15) is 0 Å². The molecule has 3 aromatic heterocycles. The Morgan fingerprint density at radius 3 is 1.57 bits per heavy atom. The van der Waals surface area contributed by atoms with Crippen molar-refractivity contribution in [2.75, 3.05) is 65.4 Å². The number of fused-ring (bicyclic) bond motifs is 4. The molecule has 14 atom stereocenters. The molecule has 726 valence electrons. The zero-order valence-corrected chi connectivity index (χ0v) is 77.7. The van der Waals surface area contributed by atoms with E-state index in [0.29, 0.717) is 69.9 Å². The highest BCUT2D eigenvalue weighted by molar-refractivity contribution is 8.00. The number of amides is 17. The highest BCUT2D eigenvalue weighted by Gasteiger charge is 2.46. The van der Waals surface area contributed by atoms with E-state index in [1.165, 1.54) is 50.4 Å². The van der Waals surface area contributed by atoms with E-state index in [1.807, 2.05) is 13.8 Å². The van der Waals surface area contributed by atoms with Crippen molar-refractivity contribution >= 4 is 140 Å². The molecule has 0 unspecified atom stereocenters. The van der Waals surface area contributed by atoms with Crippen molar-refractivity contribution in [1.82, 2.24) is 103 Å². The number of aromatic nitrogens is 4. The fourth-order valence-corrected chi connectivity index (χ4v) is 17.6. The number of imidazole rings is 1. The lowest BCUT2D eigenvalue weighted by Gasteiger charge is -2.36. The van der Waals surface area contributed by atoms with Crippen LogP contribution in [0.1, 0.15) is 147 Å². The molecule has 0 spiro atoms. The number of rotatable bonds is 26. The first-order valence-corrected chi connectivity index (χ1v) is 46.5. The summed E-state index contributed by atoms with van der Waals surface area (Å²) in [5, 5.41) is 49.9. The van der Waals surface area contributed by atoms with Crippen LogP contribution in [0, 0.1) is 11.3 Å². The number of unbranched alkanes of at least 4 members (excludes halogenated alkanes) is 2. The number of likely N-dealkylation sites (N-methyl/N-ethyl adjacent to an activating group) is 3. The average Bonchev–Trinajstić information content (AvgIpc) is 1.59. The normalized spacial score (nSPS) is 24.3. The monoisotopic (exact) mass is 1880 g/mol. The van der Waals surface area contributed by atoms with Crippen LogP contribution in [0.4, 0.5) is 0 Å². The second-order valence-electron chi connectivity index (χ2n) is 34.6. The topological polar surface area (TPSA) is 621 Å². The smallest absolute Gasteiger partial charge is 0.246 e. The van der Waals surface area contributed by atoms with E-state index in [9.17, 15) is 48.3 Å². The maximum atomic E-state index is 15.8. The number of aliphatic hydroxyl groups excluding tert-OH is 1. The number of guanidine groups is 1. The van der Waals surface area contributed by atoms with Crippen LogP contribution < -0.4 is 75.7 Å². The van der Waals surface area contributed by atoms with Gasteiger partial charge in [-0.25, -0.2) is 4.98 Å². The number of primary amides is 2. The van der Waals surface area contributed by atoms with Gasteiger partial charge in [0.25, 0.3) is 0 Å². The van der Waals surface area contributed by atoms with Crippen LogP contribution in [-0.2, 0) is 107 Å². The maximum Gasteiger partial charge on any atom is 0.246 e. The van der Waals surface area contributed by atoms with Crippen molar-refractivity contribution in [3.8, 4) is 0 Å². The first-order chi connectivity index (χ1) is 64.0. The molecule has 3 aromatic carbocycles. The lowest BCUT2D eigenvalue weighted by atomic mass is 10.00. The lowest BCUT2D eigenvalue weighted by Crippen LogP contribution is -2.62. The minimum absolute atomic E-state index is 0.000956. The SMILES string of the molecule is CCCC[C@H]1C(=O)N(C)[C@@H](CCCC)C(=O)N[C@@H](CCCNC(=N)N)C(=O)N[C@H](C(=O)NCC(N)=O)CSCC(=O)N[C@@H](Cc2ccccc2)C(=O)N(C)[C@@H](C)C(=O)N[C@@H](CC(N)=O)C(=O)N2CCC[C@H]2C(=O)N[C@@H](Cc2cnc[nH]2)C(=O)N[C@@H](CC(C)C)C(=O)N2CCC[C@H]2C(=O)N[C@@H](Cc2c[nH]c3ccccc23)C(=O)N[C@@H](CO)C(=O)N[C@@H](Cc2c[nH]c3ccccc23)C(=O)N1C. The molecule has 3 fully saturated rings. The summed E-state index contributed by atoms with van der Waals surface area (Å²) in [5.74, 6) is -16.8. The number of para-hydroxylation sites is 2. The molecule has 3 aliphatic rings. The molecule has 42 nitrogen and oxygen atoms in total. The number of aromatic amines is 3. The lowest BCUT2D eigenvalue weighted by molar-refractivity contribution is -0.149. The van der Waals surface area contributed by atoms with Crippen LogP contribution in [0.5, 0.6) is 0 Å². The molecule has 0 saturated carbocycles. The Morgan fingerprint density at radius 1 is 0.515 bits per heavy atom. The summed E-state index contributed by atoms with van der Waals surface area (Å²) < 4.78 is 0. The largest absolute Gasteiger partial charge is 0.394 e. The molecule has 3 saturated heterocycles. The number of H-pyrrole nitrogens is 3. The summed E-state index contributed by atoms with van der Waals surface area (Å²) in [7, 11) is 3.99. The second-order valence-corrected chi connectivity index (χ2v) is 35.6. The fourth-order valence-electron chi connectivity index (χ4n) is 16.8. The number of nitrogens with one attached hydrogen (secondary N) is 15. The Labute approximate surface area is 780 Å². The number of hydrogen-bond donors (Lipinski definition) is 19. The van der Waals surface area contributed by atoms with Gasteiger partial charge < -0.3 is 120 Å². The molecule has 6 heterocycles. The number of nitrogens with two attached hydrogens (primary N) is 3. The van der Waals surface area contributed by atoms with Crippen molar-refractivity contribution in [3.63, 3.8) is 0 Å². The highest BCUT2D eigenvalue weighted by atomic mass is 32.2. The number of benzene rings is 3. The standard InChI is InChI=1S/C91H128N24O18S/c1-9-11-30-70-83(126)103-61(29-20-34-97-91(94)95)79(122)110-69(78(121)100-46-75(93)118)48-134-49-76(119)102-65(38-53-23-14-13-15-24-53)86(129)111(6)52(5)77(120)106-67(42-74(92)117)89(132)115-36-22-33-72(115)85(128)105-63(41-56-45-96-50-101-56)81(124)107-64(37-51(3)4)88(131)114-35-21-32-71(114)84(127)104-62(39-54-43-98-59-27-18-16-25-57(54)59)80(123)109-68(47-116)82(125)108-66(40-55-44-99-60-28-19-17-26-58(55)60)87(130)113(8)73(31-12-10-2)90(133)112(70)7/h13-19,23-28,43-45,50-52,61-73,98-99,116H,9-12,20-22,29-42,46-49H2,1-8H3,(H2,92,117)(H2,93,118)(H,96,101)(H,100,121)(H,102,119)(H,103,126)(H,104,127)(H,105,128)(H,106,120)(H,107,124)(H,108,125)(H,109,123)(H,110,122)(H4,94,95,97)/t52-,61-,62-,63-,64-,65-,66-,67-,68-,69-,70-,71-,72-,73-/m0/s1. The molecular formula is C91H128N24O18S. The number of carbonyl (C=O) groups is 17. The van der Waals surface area contributed by atoms with Gasteiger partial charge in [0.15, 0.2) is 5.96 Å². The Hall–Kier alpha value is -13.5. The molecule has 0 bridgehead atoms. The van der Waals surface area contributed by atoms with Crippen molar-refractivity contribution in [1.29, 1.82) is 5.41 Å². The first-order valence-electron chi connectivity index (χ1n) is 45.4. The van der Waals surface area contributed by atoms with Crippen LogP contribution in [0.25, 0.3) is 21.8 Å². The highest BCUT2D eigenvalue weighted by Crippen LogP contribution is 2.28. The van der Waals surface area contributed by atoms with Crippen molar-refractivity contribution in [2.24, 2.45) is 23.1 Å². The van der Waals surface area contributed by atoms with E-state index in [0.717, 1.165) is 26.5 Å². The Morgan fingerprint density at radius 2 is 1.01 bits per heavy atom. The maximum absolute atomic E-state index is 15.8. The van der Waals surface area contributed by atoms with E-state index in [2.05, 4.69) is 78.4 Å². The quantitative estimate of drug-likeness (QED) is 0.0165. The molecule has 22 N–H and O–H groups in total. The Balaban J connectivity index is 1.09. The van der Waals surface area contributed by atoms with Gasteiger partial charge in [-0.1, -0.05) is 120 Å². The van der Waals surface area contributed by atoms with E-state index >= 15 is 38.4 Å². The van der Waals surface area contributed by atoms with Gasteiger partial charge in [-0.15, -0.1) is 11.8 Å². The fraction of sp³-hybridized carbons (Fsp3) is 0.527. The third kappa shape index (κ3) is 29.0. The minimum atomic E-state index is -1.84. The van der Waals surface area contributed by atoms with E-state index in [1.54, 1.807) is 105 Å². The third-order valence-corrected chi connectivity index (χ3v) is 25.2. The summed E-state index contributed by atoms with van der Waals surface area (Å²) in [6.07, 6.45) is 6.50. The van der Waals surface area contributed by atoms with Crippen LogP contribution in [0.3, 0.4) is 0 Å². The summed E-state index contributed by atoms with van der Waals surface area (Å²) >= 11 is 0.797. The second kappa shape index (κ2) is 50.4. The predicted octanol–water partition coefficient (Wildman–Crippen LogP) is -1.61. The molecule has 0 aliphatic carbocycles. The van der Waals surface area contributed by atoms with Crippen LogP contribution in [0.2, 0.25) is 0 Å². The third-order valence-electron chi connectivity index (χ3n) is 24.2. The summed E-state index contributed by atoms with van der Waals surface area (Å²) in [6, 6.07) is 1.80. The summed E-state index contributed by atoms with van der Waals surface area (Å²) in [6.45, 7) is 6.76. The van der Waals surface area contributed by atoms with Gasteiger partial charge in [0.05, 0.1) is 31.7 Å². The first kappa shape index (κ1) is 104. The molecular weight excluding hydrogens is 1750 g/mol. The van der Waals surface area contributed by atoms with Gasteiger partial charge in [-0.3, -0.25) is 86.9 Å². The number of hydrogen-bond acceptors (Lipinski definition) is 21. The zero-order chi connectivity index (χ0) is 97.6. The van der Waals surface area contributed by atoms with Crippen molar-refractivity contribution in [2.45, 2.75) is 235 Å². The molecule has 43 heteroatoms. The number of thioether (sulfide) groups is 1. The van der Waals surface area contributed by atoms with Crippen LogP contribution in [-0.4, -0.2) is 306 Å². The van der Waals surface area contributed by atoms with E-state index < -0.39 is 222 Å². The van der Waals surface area contributed by atoms with Crippen LogP contribution in [0.15, 0.2) is 104 Å². The van der Waals surface area contributed by atoms with Crippen molar-refractivity contribution in [3.05, 3.63) is 126 Å². The molecule has 6 aromatic rings. The number of nitrogens with zero attached hydrogens (tertiary/aromatic N) is 6. The molecule has 9 rings (SSSR count). The summed E-state index contributed by atoms with van der Waals surface area (Å²) in [5.41, 5.74) is 20.1. The molecule has 17 amide bonds. The Bertz CT molecular complexity index is 5150. The van der Waals surface area contributed by atoms with Crippen molar-refractivity contribution < 1.29 is 86.6 Å². The van der Waals surface area contributed by atoms with E-state index in [-0.39, 0.29) is 109 Å². The number of aliphatic hydroxyl groups is 1. The predicted molar refractivity (Wildman–Crippen MR) is 497 cm³/mol. The van der Waals surface area contributed by atoms with Gasteiger partial charge in [0.1, 0.15) is 84.6 Å². The molecule has 0 radical (unpaired) electrons. The molecule has 3 aliphatic heterocycles. The Kier molecular flexibility index (Phi) is 39.2. The number of carbonyl (C=O) groups excluding carboxylic acids is 17. The zero-order valence-electron chi connectivity index (χ0n) is 76.9. The molecule has 134 heavy (non-hydrogen) atoms. The van der Waals surface area contributed by atoms with E-state index in [4.69, 9.17) is 22.6 Å². The van der Waals surface area contributed by atoms with Gasteiger partial charge in [-0.05, 0) is 99.5 Å². The summed E-state index contributed by atoms with van der Waals surface area (Å²) in [4.78, 5) is 270. The average molecular weight is 1880 g/mol. The minimum Gasteiger partial charge on any atom is -0.394 e.